The van der Waals surface area contributed by atoms with Gasteiger partial charge in [-0.25, -0.2) is 0 Å². The normalized spacial score (nSPS) is 11.4. The molecule has 0 aliphatic carbocycles. The zero-order chi connectivity index (χ0) is 13.5. The van der Waals surface area contributed by atoms with Crippen molar-refractivity contribution in [1.82, 2.24) is 10.2 Å². The molecule has 0 atom stereocenters. The number of nitrogens with one attached hydrogen (secondary N) is 1. The molecule has 0 saturated carbocycles. The van der Waals surface area contributed by atoms with Crippen molar-refractivity contribution in [2.75, 3.05) is 20.1 Å². The van der Waals surface area contributed by atoms with Crippen molar-refractivity contribution in [3.63, 3.8) is 0 Å². The SMILES string of the molecule is CC(C)N(C)CCCNCc1ccc(O)c(O)c1. The van der Waals surface area contributed by atoms with Crippen LogP contribution in [0.4, 0.5) is 0 Å². The topological polar surface area (TPSA) is 55.7 Å². The highest BCUT2D eigenvalue weighted by Crippen LogP contribution is 2.24. The van der Waals surface area contributed by atoms with E-state index in [0.29, 0.717) is 12.6 Å². The number of hydrogen-bond donors (Lipinski definition) is 3. The Balaban J connectivity index is 2.20. The average Bonchev–Trinajstić information content (AvgIpc) is 2.32. The minimum Gasteiger partial charge on any atom is -0.504 e. The number of benzene rings is 1. The summed E-state index contributed by atoms with van der Waals surface area (Å²) in [6, 6.07) is 5.49. The Bertz CT molecular complexity index is 367. The zero-order valence-electron chi connectivity index (χ0n) is 11.5. The predicted octanol–water partition coefficient (Wildman–Crippen LogP) is 1.92. The Labute approximate surface area is 109 Å². The van der Waals surface area contributed by atoms with E-state index in [-0.39, 0.29) is 11.5 Å². The fourth-order valence-corrected chi connectivity index (χ4v) is 1.62. The fraction of sp³-hybridized carbons (Fsp3) is 0.571. The standard InChI is InChI=1S/C14H24N2O2/c1-11(2)16(3)8-4-7-15-10-12-5-6-13(17)14(18)9-12/h5-6,9,11,15,17-18H,4,7-8,10H2,1-3H3. The third-order valence-corrected chi connectivity index (χ3v) is 3.11. The monoisotopic (exact) mass is 252 g/mol. The Morgan fingerprint density at radius 2 is 1.94 bits per heavy atom. The molecule has 0 spiro atoms. The van der Waals surface area contributed by atoms with Crippen LogP contribution in [0.15, 0.2) is 18.2 Å². The number of phenols is 2. The molecule has 0 heterocycles. The van der Waals surface area contributed by atoms with E-state index in [1.165, 1.54) is 6.07 Å². The number of phenolic OH excluding ortho intramolecular Hbond substituents is 2. The molecule has 0 radical (unpaired) electrons. The van der Waals surface area contributed by atoms with Gasteiger partial charge in [0.15, 0.2) is 11.5 Å². The van der Waals surface area contributed by atoms with Crippen LogP contribution in [0.3, 0.4) is 0 Å². The van der Waals surface area contributed by atoms with E-state index in [2.05, 4.69) is 31.1 Å². The van der Waals surface area contributed by atoms with Gasteiger partial charge >= 0.3 is 0 Å². The first kappa shape index (κ1) is 14.8. The van der Waals surface area contributed by atoms with Crippen LogP contribution in [0.25, 0.3) is 0 Å². The summed E-state index contributed by atoms with van der Waals surface area (Å²) >= 11 is 0. The second-order valence-corrected chi connectivity index (χ2v) is 4.93. The lowest BCUT2D eigenvalue weighted by Gasteiger charge is -2.20. The quantitative estimate of drug-likeness (QED) is 0.512. The maximum atomic E-state index is 9.35. The summed E-state index contributed by atoms with van der Waals surface area (Å²) in [6.07, 6.45) is 1.10. The number of aromatic hydroxyl groups is 2. The summed E-state index contributed by atoms with van der Waals surface area (Å²) in [4.78, 5) is 2.31. The first-order chi connectivity index (χ1) is 8.50. The van der Waals surface area contributed by atoms with Gasteiger partial charge < -0.3 is 20.4 Å². The fourth-order valence-electron chi connectivity index (χ4n) is 1.62. The van der Waals surface area contributed by atoms with Gasteiger partial charge in [-0.1, -0.05) is 6.07 Å². The molecule has 102 valence electrons. The molecular formula is C14H24N2O2. The first-order valence-electron chi connectivity index (χ1n) is 6.42. The molecule has 0 aromatic heterocycles. The van der Waals surface area contributed by atoms with Gasteiger partial charge in [0.1, 0.15) is 0 Å². The highest BCUT2D eigenvalue weighted by Gasteiger charge is 2.02. The molecule has 1 aromatic rings. The van der Waals surface area contributed by atoms with Crippen LogP contribution < -0.4 is 5.32 Å². The molecule has 4 nitrogen and oxygen atoms in total. The van der Waals surface area contributed by atoms with Gasteiger partial charge in [-0.05, 0) is 58.1 Å². The zero-order valence-corrected chi connectivity index (χ0v) is 11.5. The summed E-state index contributed by atoms with van der Waals surface area (Å²) < 4.78 is 0. The lowest BCUT2D eigenvalue weighted by atomic mass is 10.2. The van der Waals surface area contributed by atoms with Crippen LogP contribution in [-0.2, 0) is 6.54 Å². The van der Waals surface area contributed by atoms with E-state index in [1.54, 1.807) is 6.07 Å². The molecule has 3 N–H and O–H groups in total. The molecule has 4 heteroatoms. The van der Waals surface area contributed by atoms with Gasteiger partial charge in [0.05, 0.1) is 0 Å². The van der Waals surface area contributed by atoms with Crippen molar-refractivity contribution >= 4 is 0 Å². The molecule has 0 fully saturated rings. The van der Waals surface area contributed by atoms with Gasteiger partial charge in [-0.3, -0.25) is 0 Å². The van der Waals surface area contributed by atoms with Crippen molar-refractivity contribution < 1.29 is 10.2 Å². The van der Waals surface area contributed by atoms with Crippen molar-refractivity contribution in [2.45, 2.75) is 32.9 Å². The van der Waals surface area contributed by atoms with Crippen LogP contribution in [-0.4, -0.2) is 41.3 Å². The summed E-state index contributed by atoms with van der Waals surface area (Å²) in [6.45, 7) is 7.10. The van der Waals surface area contributed by atoms with Gasteiger partial charge in [-0.15, -0.1) is 0 Å². The van der Waals surface area contributed by atoms with Crippen LogP contribution >= 0.6 is 0 Å². The van der Waals surface area contributed by atoms with Crippen molar-refractivity contribution in [1.29, 1.82) is 0 Å². The molecule has 1 aromatic carbocycles. The van der Waals surface area contributed by atoms with Crippen molar-refractivity contribution in [3.8, 4) is 11.5 Å². The van der Waals surface area contributed by atoms with E-state index in [0.717, 1.165) is 25.1 Å². The number of hydrogen-bond acceptors (Lipinski definition) is 4. The molecule has 0 amide bonds. The van der Waals surface area contributed by atoms with E-state index in [4.69, 9.17) is 0 Å². The highest BCUT2D eigenvalue weighted by molar-refractivity contribution is 5.40. The molecule has 0 aliphatic heterocycles. The minimum absolute atomic E-state index is 0.0613. The van der Waals surface area contributed by atoms with E-state index < -0.39 is 0 Å². The third-order valence-electron chi connectivity index (χ3n) is 3.11. The van der Waals surface area contributed by atoms with Gasteiger partial charge in [0.25, 0.3) is 0 Å². The van der Waals surface area contributed by atoms with Crippen molar-refractivity contribution in [3.05, 3.63) is 23.8 Å². The molecule has 18 heavy (non-hydrogen) atoms. The van der Waals surface area contributed by atoms with E-state index in [9.17, 15) is 10.2 Å². The second kappa shape index (κ2) is 7.24. The largest absolute Gasteiger partial charge is 0.504 e. The van der Waals surface area contributed by atoms with E-state index >= 15 is 0 Å². The molecule has 0 bridgehead atoms. The Kier molecular flexibility index (Phi) is 5.95. The summed E-state index contributed by atoms with van der Waals surface area (Å²) in [7, 11) is 2.13. The van der Waals surface area contributed by atoms with Gasteiger partial charge in [-0.2, -0.15) is 0 Å². The Hall–Kier alpha value is -1.26. The molecular weight excluding hydrogens is 228 g/mol. The van der Waals surface area contributed by atoms with Crippen LogP contribution in [0, 0.1) is 0 Å². The molecule has 1 rings (SSSR count). The summed E-state index contributed by atoms with van der Waals surface area (Å²) in [5, 5.41) is 21.9. The maximum absolute atomic E-state index is 9.35. The highest BCUT2D eigenvalue weighted by atomic mass is 16.3. The minimum atomic E-state index is -0.0719. The van der Waals surface area contributed by atoms with Crippen molar-refractivity contribution in [2.24, 2.45) is 0 Å². The first-order valence-corrected chi connectivity index (χ1v) is 6.42. The number of nitrogens with zero attached hydrogens (tertiary/aromatic N) is 1. The van der Waals surface area contributed by atoms with Gasteiger partial charge in [0.2, 0.25) is 0 Å². The summed E-state index contributed by atoms with van der Waals surface area (Å²) in [5.41, 5.74) is 0.975. The second-order valence-electron chi connectivity index (χ2n) is 4.93. The van der Waals surface area contributed by atoms with Crippen LogP contribution in [0.1, 0.15) is 25.8 Å². The summed E-state index contributed by atoms with van der Waals surface area (Å²) in [5.74, 6) is -0.133. The van der Waals surface area contributed by atoms with Gasteiger partial charge in [0, 0.05) is 12.6 Å². The lowest BCUT2D eigenvalue weighted by Crippen LogP contribution is -2.29. The molecule has 0 aliphatic rings. The Morgan fingerprint density at radius 3 is 2.56 bits per heavy atom. The average molecular weight is 252 g/mol. The maximum Gasteiger partial charge on any atom is 0.157 e. The molecule has 0 saturated heterocycles. The smallest absolute Gasteiger partial charge is 0.157 e. The van der Waals surface area contributed by atoms with E-state index in [1.807, 2.05) is 6.07 Å². The number of rotatable bonds is 7. The predicted molar refractivity (Wildman–Crippen MR) is 73.9 cm³/mol. The van der Waals surface area contributed by atoms with Crippen LogP contribution in [0.2, 0.25) is 0 Å². The molecule has 0 unspecified atom stereocenters. The Morgan fingerprint density at radius 1 is 1.22 bits per heavy atom. The van der Waals surface area contributed by atoms with Crippen LogP contribution in [0.5, 0.6) is 11.5 Å². The third kappa shape index (κ3) is 4.94. The lowest BCUT2D eigenvalue weighted by molar-refractivity contribution is 0.269.